The van der Waals surface area contributed by atoms with Gasteiger partial charge in [0.2, 0.25) is 0 Å². The second-order valence-corrected chi connectivity index (χ2v) is 7.55. The van der Waals surface area contributed by atoms with Gasteiger partial charge in [0.15, 0.2) is 0 Å². The van der Waals surface area contributed by atoms with Crippen molar-refractivity contribution in [2.75, 3.05) is 48.8 Å². The van der Waals surface area contributed by atoms with E-state index in [1.807, 2.05) is 47.0 Å². The van der Waals surface area contributed by atoms with E-state index in [2.05, 4.69) is 37.7 Å². The number of likely N-dealkylation sites (N-methyl/N-ethyl adjacent to an activating group) is 1. The number of para-hydroxylation sites is 2. The maximum absolute atomic E-state index is 12.6. The fourth-order valence-electron chi connectivity index (χ4n) is 3.53. The Morgan fingerprint density at radius 3 is 2.39 bits per heavy atom. The highest BCUT2D eigenvalue weighted by atomic mass is 16.2. The van der Waals surface area contributed by atoms with Crippen LogP contribution in [-0.2, 0) is 16.1 Å². The molecule has 0 spiro atoms. The van der Waals surface area contributed by atoms with Crippen LogP contribution in [0.2, 0.25) is 0 Å². The first-order chi connectivity index (χ1) is 15.1. The molecule has 0 atom stereocenters. The van der Waals surface area contributed by atoms with E-state index in [0.717, 1.165) is 37.4 Å². The van der Waals surface area contributed by atoms with Crippen molar-refractivity contribution in [2.45, 2.75) is 6.54 Å². The van der Waals surface area contributed by atoms with Crippen LogP contribution in [0.4, 0.5) is 17.1 Å². The Labute approximate surface area is 180 Å². The Kier molecular flexibility index (Phi) is 6.23. The smallest absolute Gasteiger partial charge is 0.314 e. The van der Waals surface area contributed by atoms with Gasteiger partial charge in [-0.05, 0) is 36.9 Å². The van der Waals surface area contributed by atoms with Crippen LogP contribution in [0.15, 0.2) is 61.2 Å². The van der Waals surface area contributed by atoms with Crippen LogP contribution >= 0.6 is 0 Å². The molecule has 0 bridgehead atoms. The van der Waals surface area contributed by atoms with E-state index < -0.39 is 11.8 Å². The average Bonchev–Trinajstić information content (AvgIpc) is 3.28. The van der Waals surface area contributed by atoms with Gasteiger partial charge in [-0.25, -0.2) is 0 Å². The van der Waals surface area contributed by atoms with Gasteiger partial charge >= 0.3 is 11.8 Å². The molecule has 0 saturated carbocycles. The van der Waals surface area contributed by atoms with Gasteiger partial charge in [-0.3, -0.25) is 9.59 Å². The molecule has 1 aromatic heterocycles. The third-order valence-electron chi connectivity index (χ3n) is 5.22. The molecule has 1 aliphatic rings. The first-order valence-corrected chi connectivity index (χ1v) is 10.1. The number of benzene rings is 2. The molecule has 0 unspecified atom stereocenters. The van der Waals surface area contributed by atoms with Crippen LogP contribution in [0.25, 0.3) is 0 Å². The van der Waals surface area contributed by atoms with Gasteiger partial charge in [0, 0.05) is 31.9 Å². The van der Waals surface area contributed by atoms with Crippen LogP contribution in [0, 0.1) is 0 Å². The second kappa shape index (κ2) is 9.40. The highest BCUT2D eigenvalue weighted by Gasteiger charge is 2.20. The number of hydrogen-bond acceptors (Lipinski definition) is 6. The number of carbonyl (C=O) groups is 2. The van der Waals surface area contributed by atoms with Crippen LogP contribution in [0.1, 0.15) is 5.56 Å². The number of carbonyl (C=O) groups excluding carboxylic acids is 2. The minimum Gasteiger partial charge on any atom is -0.367 e. The largest absolute Gasteiger partial charge is 0.367 e. The van der Waals surface area contributed by atoms with E-state index in [-0.39, 0.29) is 0 Å². The lowest BCUT2D eigenvalue weighted by atomic mass is 10.2. The number of nitrogens with zero attached hydrogens (tertiary/aromatic N) is 5. The summed E-state index contributed by atoms with van der Waals surface area (Å²) in [6.45, 7) is 4.22. The molecule has 1 aliphatic heterocycles. The van der Waals surface area contributed by atoms with E-state index in [0.29, 0.717) is 17.9 Å². The number of aromatic nitrogens is 3. The van der Waals surface area contributed by atoms with Gasteiger partial charge in [0.25, 0.3) is 0 Å². The van der Waals surface area contributed by atoms with Crippen LogP contribution < -0.4 is 15.5 Å². The van der Waals surface area contributed by atoms with E-state index in [9.17, 15) is 9.59 Å². The average molecular weight is 419 g/mol. The summed E-state index contributed by atoms with van der Waals surface area (Å²) >= 11 is 0. The first-order valence-electron chi connectivity index (χ1n) is 10.1. The summed E-state index contributed by atoms with van der Waals surface area (Å²) in [5, 5.41) is 13.0. The Bertz CT molecular complexity index is 1040. The second-order valence-electron chi connectivity index (χ2n) is 7.55. The van der Waals surface area contributed by atoms with Crippen molar-refractivity contribution >= 4 is 28.9 Å². The van der Waals surface area contributed by atoms with E-state index >= 15 is 0 Å². The molecule has 0 radical (unpaired) electrons. The van der Waals surface area contributed by atoms with E-state index in [4.69, 9.17) is 0 Å². The summed E-state index contributed by atoms with van der Waals surface area (Å²) in [5.74, 6) is -1.42. The summed E-state index contributed by atoms with van der Waals surface area (Å²) in [7, 11) is 2.09. The number of nitrogens with one attached hydrogen (secondary N) is 2. The highest BCUT2D eigenvalue weighted by molar-refractivity contribution is 6.43. The lowest BCUT2D eigenvalue weighted by Gasteiger charge is -2.35. The normalized spacial score (nSPS) is 14.3. The topological polar surface area (TPSA) is 95.4 Å². The Hall–Kier alpha value is -3.72. The monoisotopic (exact) mass is 419 g/mol. The molecule has 2 aromatic carbocycles. The Balaban J connectivity index is 1.40. The summed E-state index contributed by atoms with van der Waals surface area (Å²) in [6.07, 6.45) is 3.24. The number of amides is 2. The summed E-state index contributed by atoms with van der Waals surface area (Å²) < 4.78 is 1.82. The van der Waals surface area contributed by atoms with Gasteiger partial charge in [-0.15, -0.1) is 10.2 Å². The molecule has 2 N–H and O–H groups in total. The third kappa shape index (κ3) is 5.26. The number of piperazine rings is 1. The minimum absolute atomic E-state index is 0.554. The maximum Gasteiger partial charge on any atom is 0.314 e. The highest BCUT2D eigenvalue weighted by Crippen LogP contribution is 2.26. The molecule has 2 amide bonds. The molecular weight excluding hydrogens is 394 g/mol. The van der Waals surface area contributed by atoms with Crippen molar-refractivity contribution in [3.05, 3.63) is 66.7 Å². The summed E-state index contributed by atoms with van der Waals surface area (Å²) in [6, 6.07) is 14.9. The SMILES string of the molecule is CN1CCN(c2ccccc2NC(=O)C(=O)Nc2cccc(Cn3cnnc3)c2)CC1. The van der Waals surface area contributed by atoms with Crippen molar-refractivity contribution < 1.29 is 9.59 Å². The minimum atomic E-state index is -0.713. The molecule has 9 nitrogen and oxygen atoms in total. The molecule has 31 heavy (non-hydrogen) atoms. The third-order valence-corrected chi connectivity index (χ3v) is 5.22. The molecule has 4 rings (SSSR count). The van der Waals surface area contributed by atoms with Crippen molar-refractivity contribution in [1.82, 2.24) is 19.7 Å². The number of rotatable bonds is 5. The predicted molar refractivity (Wildman–Crippen MR) is 119 cm³/mol. The van der Waals surface area contributed by atoms with E-state index in [1.165, 1.54) is 0 Å². The predicted octanol–water partition coefficient (Wildman–Crippen LogP) is 1.66. The van der Waals surface area contributed by atoms with Crippen LogP contribution in [0.5, 0.6) is 0 Å². The molecule has 3 aromatic rings. The van der Waals surface area contributed by atoms with Crippen LogP contribution in [0.3, 0.4) is 0 Å². The van der Waals surface area contributed by atoms with Crippen molar-refractivity contribution in [1.29, 1.82) is 0 Å². The molecular formula is C22H25N7O2. The molecule has 1 fully saturated rings. The molecule has 0 aliphatic carbocycles. The van der Waals surface area contributed by atoms with E-state index in [1.54, 1.807) is 18.7 Å². The van der Waals surface area contributed by atoms with Gasteiger partial charge in [-0.1, -0.05) is 24.3 Å². The lowest BCUT2D eigenvalue weighted by molar-refractivity contribution is -0.132. The molecule has 2 heterocycles. The fraction of sp³-hybridized carbons (Fsp3) is 0.273. The maximum atomic E-state index is 12.6. The van der Waals surface area contributed by atoms with Crippen molar-refractivity contribution in [3.8, 4) is 0 Å². The van der Waals surface area contributed by atoms with Crippen LogP contribution in [-0.4, -0.2) is 64.7 Å². The summed E-state index contributed by atoms with van der Waals surface area (Å²) in [4.78, 5) is 29.6. The zero-order valence-corrected chi connectivity index (χ0v) is 17.4. The summed E-state index contributed by atoms with van der Waals surface area (Å²) in [5.41, 5.74) is 3.07. The Morgan fingerprint density at radius 1 is 0.903 bits per heavy atom. The lowest BCUT2D eigenvalue weighted by Crippen LogP contribution is -2.44. The Morgan fingerprint density at radius 2 is 1.61 bits per heavy atom. The van der Waals surface area contributed by atoms with Gasteiger partial charge in [-0.2, -0.15) is 0 Å². The van der Waals surface area contributed by atoms with Crippen molar-refractivity contribution in [3.63, 3.8) is 0 Å². The quantitative estimate of drug-likeness (QED) is 0.611. The fourth-order valence-corrected chi connectivity index (χ4v) is 3.53. The van der Waals surface area contributed by atoms with Crippen molar-refractivity contribution in [2.24, 2.45) is 0 Å². The first kappa shape index (κ1) is 20.5. The number of hydrogen-bond donors (Lipinski definition) is 2. The standard InChI is InChI=1S/C22H25N7O2/c1-27-9-11-29(12-10-27)20-8-3-2-7-19(20)26-22(31)21(30)25-18-6-4-5-17(13-18)14-28-15-23-24-16-28/h2-8,13,15-16H,9-12,14H2,1H3,(H,25,30)(H,26,31). The number of anilines is 3. The zero-order valence-electron chi connectivity index (χ0n) is 17.4. The molecule has 9 heteroatoms. The van der Waals surface area contributed by atoms with Gasteiger partial charge in [0.05, 0.1) is 17.9 Å². The van der Waals surface area contributed by atoms with Gasteiger partial charge in [0.1, 0.15) is 12.7 Å². The zero-order chi connectivity index (χ0) is 21.6. The molecule has 160 valence electrons. The molecule has 1 saturated heterocycles. The van der Waals surface area contributed by atoms with Gasteiger partial charge < -0.3 is 25.0 Å².